The summed E-state index contributed by atoms with van der Waals surface area (Å²) < 4.78 is 52.4. The van der Waals surface area contributed by atoms with Gasteiger partial charge in [-0.25, -0.2) is 4.39 Å². The van der Waals surface area contributed by atoms with Crippen molar-refractivity contribution in [1.82, 2.24) is 5.43 Å². The number of nitrogens with one attached hydrogen (secondary N) is 2. The Morgan fingerprint density at radius 2 is 1.77 bits per heavy atom. The van der Waals surface area contributed by atoms with E-state index in [-0.39, 0.29) is 11.1 Å². The van der Waals surface area contributed by atoms with Crippen LogP contribution in [0.5, 0.6) is 0 Å². The van der Waals surface area contributed by atoms with Gasteiger partial charge in [-0.1, -0.05) is 19.9 Å². The summed E-state index contributed by atoms with van der Waals surface area (Å²) in [4.78, 5) is 11.9. The number of aryl methyl sites for hydroxylation is 1. The van der Waals surface area contributed by atoms with Crippen LogP contribution in [0, 0.1) is 24.1 Å². The molecule has 2 N–H and O–H groups in total. The topological polar surface area (TPSA) is 64.9 Å². The van der Waals surface area contributed by atoms with Gasteiger partial charge in [-0.05, 0) is 42.8 Å². The van der Waals surface area contributed by atoms with Gasteiger partial charge < -0.3 is 0 Å². The maximum absolute atomic E-state index is 13.4. The number of hydrazine groups is 1. The molecule has 0 bridgehead atoms. The average molecular weight is 367 g/mol. The largest absolute Gasteiger partial charge is 0.418 e. The minimum absolute atomic E-state index is 0.0483. The number of halogens is 4. The second kappa shape index (κ2) is 8.85. The molecule has 8 heteroatoms. The normalized spacial score (nSPS) is 10.2. The van der Waals surface area contributed by atoms with Gasteiger partial charge in [0.05, 0.1) is 22.9 Å². The van der Waals surface area contributed by atoms with Crippen molar-refractivity contribution in [2.24, 2.45) is 0 Å². The second-order valence-electron chi connectivity index (χ2n) is 4.91. The van der Waals surface area contributed by atoms with Gasteiger partial charge in [0.25, 0.3) is 5.91 Å². The van der Waals surface area contributed by atoms with Crippen LogP contribution in [0.4, 0.5) is 23.2 Å². The van der Waals surface area contributed by atoms with Crippen LogP contribution in [-0.2, 0) is 6.18 Å². The number of hydrogen-bond acceptors (Lipinski definition) is 3. The first-order valence-electron chi connectivity index (χ1n) is 7.66. The molecular formula is C18H17F4N3O. The van der Waals surface area contributed by atoms with E-state index in [2.05, 4.69) is 10.9 Å². The van der Waals surface area contributed by atoms with Crippen molar-refractivity contribution in [2.75, 3.05) is 5.43 Å². The molecule has 2 aromatic carbocycles. The predicted octanol–water partition coefficient (Wildman–Crippen LogP) is 4.81. The molecule has 0 aliphatic rings. The summed E-state index contributed by atoms with van der Waals surface area (Å²) in [6.07, 6.45) is -4.71. The van der Waals surface area contributed by atoms with E-state index in [1.54, 1.807) is 6.07 Å². The smallest absolute Gasteiger partial charge is 0.298 e. The number of anilines is 1. The van der Waals surface area contributed by atoms with E-state index in [0.29, 0.717) is 11.6 Å². The fourth-order valence-electron chi connectivity index (χ4n) is 1.89. The number of carbonyl (C=O) groups excluding carboxylic acids is 1. The minimum atomic E-state index is -4.71. The minimum Gasteiger partial charge on any atom is -0.298 e. The average Bonchev–Trinajstić information content (AvgIpc) is 2.62. The van der Waals surface area contributed by atoms with E-state index < -0.39 is 29.2 Å². The Hall–Kier alpha value is -3.08. The van der Waals surface area contributed by atoms with E-state index in [9.17, 15) is 22.4 Å². The molecule has 0 atom stereocenters. The molecule has 0 fully saturated rings. The van der Waals surface area contributed by atoms with Crippen molar-refractivity contribution >= 4 is 11.6 Å². The summed E-state index contributed by atoms with van der Waals surface area (Å²) >= 11 is 0. The lowest BCUT2D eigenvalue weighted by Crippen LogP contribution is -2.30. The lowest BCUT2D eigenvalue weighted by Gasteiger charge is -2.15. The molecular weight excluding hydrogens is 350 g/mol. The number of nitrogens with zero attached hydrogens (tertiary/aromatic N) is 1. The molecule has 0 saturated heterocycles. The standard InChI is InChI=1S/C16H11F4N3O.C2H6/c1-9-2-4-11(7-13(9)17)15(24)23-22-14-5-3-10(8-21)6-12(14)16(18,19)20;1-2/h2-7,22H,1H3,(H,23,24);1-2H3. The quantitative estimate of drug-likeness (QED) is 0.605. The maximum Gasteiger partial charge on any atom is 0.418 e. The molecule has 0 spiro atoms. The Morgan fingerprint density at radius 3 is 2.31 bits per heavy atom. The van der Waals surface area contributed by atoms with E-state index in [1.165, 1.54) is 25.1 Å². The Bertz CT molecular complexity index is 826. The van der Waals surface area contributed by atoms with Gasteiger partial charge in [0.15, 0.2) is 0 Å². The lowest BCUT2D eigenvalue weighted by atomic mass is 10.1. The monoisotopic (exact) mass is 367 g/mol. The van der Waals surface area contributed by atoms with Crippen LogP contribution < -0.4 is 10.9 Å². The van der Waals surface area contributed by atoms with Crippen LogP contribution in [0.3, 0.4) is 0 Å². The van der Waals surface area contributed by atoms with Gasteiger partial charge in [0.2, 0.25) is 0 Å². The number of benzene rings is 2. The first-order chi connectivity index (χ1) is 12.2. The molecule has 0 unspecified atom stereocenters. The summed E-state index contributed by atoms with van der Waals surface area (Å²) in [5, 5.41) is 8.69. The maximum atomic E-state index is 13.4. The zero-order valence-corrected chi connectivity index (χ0v) is 14.3. The fraction of sp³-hybridized carbons (Fsp3) is 0.222. The third-order valence-corrected chi connectivity index (χ3v) is 3.20. The first-order valence-corrected chi connectivity index (χ1v) is 7.66. The van der Waals surface area contributed by atoms with Crippen LogP contribution in [0.25, 0.3) is 0 Å². The third-order valence-electron chi connectivity index (χ3n) is 3.20. The highest BCUT2D eigenvalue weighted by molar-refractivity contribution is 5.95. The fourth-order valence-corrected chi connectivity index (χ4v) is 1.89. The highest BCUT2D eigenvalue weighted by Gasteiger charge is 2.34. The Labute approximate surface area is 148 Å². The van der Waals surface area contributed by atoms with E-state index in [1.807, 2.05) is 13.8 Å². The van der Waals surface area contributed by atoms with Crippen molar-refractivity contribution < 1.29 is 22.4 Å². The number of nitriles is 1. The van der Waals surface area contributed by atoms with E-state index in [4.69, 9.17) is 5.26 Å². The molecule has 0 saturated carbocycles. The van der Waals surface area contributed by atoms with Crippen LogP contribution in [0.2, 0.25) is 0 Å². The summed E-state index contributed by atoms with van der Waals surface area (Å²) in [7, 11) is 0. The summed E-state index contributed by atoms with van der Waals surface area (Å²) in [5.74, 6) is -1.40. The molecule has 0 aliphatic heterocycles. The first kappa shape index (κ1) is 21.0. The van der Waals surface area contributed by atoms with Crippen molar-refractivity contribution in [1.29, 1.82) is 5.26 Å². The van der Waals surface area contributed by atoms with Gasteiger partial charge in [-0.15, -0.1) is 0 Å². The molecule has 0 aromatic heterocycles. The Balaban J connectivity index is 0.00000163. The van der Waals surface area contributed by atoms with Gasteiger partial charge in [-0.3, -0.25) is 15.6 Å². The number of hydrogen-bond donors (Lipinski definition) is 2. The van der Waals surface area contributed by atoms with E-state index >= 15 is 0 Å². The van der Waals surface area contributed by atoms with E-state index in [0.717, 1.165) is 12.1 Å². The SMILES string of the molecule is CC.Cc1ccc(C(=O)NNc2ccc(C#N)cc2C(F)(F)F)cc1F. The summed E-state index contributed by atoms with van der Waals surface area (Å²) in [6.45, 7) is 5.52. The Morgan fingerprint density at radius 1 is 1.12 bits per heavy atom. The van der Waals surface area contributed by atoms with Gasteiger partial charge >= 0.3 is 6.18 Å². The van der Waals surface area contributed by atoms with Gasteiger partial charge in [-0.2, -0.15) is 18.4 Å². The number of carbonyl (C=O) groups is 1. The molecule has 2 aromatic rings. The summed E-state index contributed by atoms with van der Waals surface area (Å²) in [6, 6.07) is 8.19. The van der Waals surface area contributed by atoms with Gasteiger partial charge in [0, 0.05) is 5.56 Å². The molecule has 26 heavy (non-hydrogen) atoms. The Kier molecular flexibility index (Phi) is 7.14. The lowest BCUT2D eigenvalue weighted by molar-refractivity contribution is -0.137. The summed E-state index contributed by atoms with van der Waals surface area (Å²) in [5.41, 5.74) is 2.82. The second-order valence-corrected chi connectivity index (χ2v) is 4.91. The zero-order chi connectivity index (χ0) is 19.9. The van der Waals surface area contributed by atoms with Crippen molar-refractivity contribution in [3.8, 4) is 6.07 Å². The number of alkyl halides is 3. The third kappa shape index (κ3) is 5.21. The van der Waals surface area contributed by atoms with Crippen molar-refractivity contribution in [3.63, 3.8) is 0 Å². The highest BCUT2D eigenvalue weighted by atomic mass is 19.4. The predicted molar refractivity (Wildman–Crippen MR) is 89.7 cm³/mol. The van der Waals surface area contributed by atoms with Crippen LogP contribution in [-0.4, -0.2) is 5.91 Å². The number of rotatable bonds is 3. The molecule has 0 radical (unpaired) electrons. The van der Waals surface area contributed by atoms with Crippen LogP contribution in [0.15, 0.2) is 36.4 Å². The molecule has 138 valence electrons. The highest BCUT2D eigenvalue weighted by Crippen LogP contribution is 2.35. The number of amides is 1. The van der Waals surface area contributed by atoms with Crippen LogP contribution >= 0.6 is 0 Å². The van der Waals surface area contributed by atoms with Gasteiger partial charge in [0.1, 0.15) is 5.82 Å². The zero-order valence-electron chi connectivity index (χ0n) is 14.3. The van der Waals surface area contributed by atoms with Crippen molar-refractivity contribution in [3.05, 3.63) is 64.5 Å². The molecule has 4 nitrogen and oxygen atoms in total. The molecule has 1 amide bonds. The molecule has 0 aliphatic carbocycles. The molecule has 0 heterocycles. The van der Waals surface area contributed by atoms with Crippen molar-refractivity contribution in [2.45, 2.75) is 26.9 Å². The molecule has 2 rings (SSSR count). The van der Waals surface area contributed by atoms with Crippen LogP contribution in [0.1, 0.15) is 40.9 Å².